The summed E-state index contributed by atoms with van der Waals surface area (Å²) in [5, 5.41) is 14.3. The summed E-state index contributed by atoms with van der Waals surface area (Å²) < 4.78 is 0. The summed E-state index contributed by atoms with van der Waals surface area (Å²) in [7, 11) is 0. The Balaban J connectivity index is 1.45. The Kier molecular flexibility index (Phi) is 4.48. The maximum Gasteiger partial charge on any atom is 0.0771 e. The highest BCUT2D eigenvalue weighted by Crippen LogP contribution is 2.40. The van der Waals surface area contributed by atoms with Crippen molar-refractivity contribution in [1.29, 1.82) is 0 Å². The molecule has 2 heteroatoms. The van der Waals surface area contributed by atoms with E-state index in [9.17, 15) is 5.11 Å². The Morgan fingerprint density at radius 2 is 1.58 bits per heavy atom. The van der Waals surface area contributed by atoms with Crippen LogP contribution < -0.4 is 5.32 Å². The third-order valence-electron chi connectivity index (χ3n) is 6.04. The minimum absolute atomic E-state index is 0.387. The Morgan fingerprint density at radius 1 is 0.842 bits per heavy atom. The van der Waals surface area contributed by atoms with E-state index in [0.29, 0.717) is 6.04 Å². The average Bonchev–Trinajstić information content (AvgIpc) is 2.46. The van der Waals surface area contributed by atoms with Crippen LogP contribution in [0, 0.1) is 11.8 Å². The molecule has 3 rings (SSSR count). The van der Waals surface area contributed by atoms with Crippen molar-refractivity contribution in [3.8, 4) is 0 Å². The lowest BCUT2D eigenvalue weighted by Gasteiger charge is -2.41. The van der Waals surface area contributed by atoms with Gasteiger partial charge in [0.1, 0.15) is 0 Å². The highest BCUT2D eigenvalue weighted by atomic mass is 16.3. The van der Waals surface area contributed by atoms with Gasteiger partial charge in [0.15, 0.2) is 0 Å². The first-order valence-electron chi connectivity index (χ1n) is 8.71. The number of rotatable bonds is 3. The third kappa shape index (κ3) is 3.52. The van der Waals surface area contributed by atoms with Crippen LogP contribution in [-0.2, 0) is 0 Å². The standard InChI is InChI=1S/C17H31NO/c19-17(10-4-1-5-11-17)13-18-16-9-8-14-6-2-3-7-15(14)12-16/h14-16,18-19H,1-13H2. The summed E-state index contributed by atoms with van der Waals surface area (Å²) in [5.41, 5.74) is -0.387. The zero-order chi connectivity index (χ0) is 13.1. The molecule has 3 aliphatic carbocycles. The van der Waals surface area contributed by atoms with Gasteiger partial charge in [-0.1, -0.05) is 44.9 Å². The molecule has 3 unspecified atom stereocenters. The molecular formula is C17H31NO. The summed E-state index contributed by atoms with van der Waals surface area (Å²) in [6.45, 7) is 0.842. The van der Waals surface area contributed by atoms with Crippen LogP contribution in [-0.4, -0.2) is 23.3 Å². The van der Waals surface area contributed by atoms with Crippen molar-refractivity contribution in [2.24, 2.45) is 11.8 Å². The van der Waals surface area contributed by atoms with E-state index in [2.05, 4.69) is 5.32 Å². The van der Waals surface area contributed by atoms with E-state index in [1.165, 1.54) is 64.2 Å². The number of hydrogen-bond donors (Lipinski definition) is 2. The maximum atomic E-state index is 10.6. The van der Waals surface area contributed by atoms with Gasteiger partial charge in [-0.15, -0.1) is 0 Å². The maximum absolute atomic E-state index is 10.6. The molecule has 0 saturated heterocycles. The fraction of sp³-hybridized carbons (Fsp3) is 1.00. The van der Waals surface area contributed by atoms with Crippen LogP contribution in [0.3, 0.4) is 0 Å². The van der Waals surface area contributed by atoms with Gasteiger partial charge in [-0.05, 0) is 43.9 Å². The Labute approximate surface area is 118 Å². The monoisotopic (exact) mass is 265 g/mol. The summed E-state index contributed by atoms with van der Waals surface area (Å²) in [4.78, 5) is 0. The van der Waals surface area contributed by atoms with Crippen molar-refractivity contribution in [2.75, 3.05) is 6.54 Å². The molecule has 19 heavy (non-hydrogen) atoms. The van der Waals surface area contributed by atoms with Crippen LogP contribution in [0.1, 0.15) is 77.0 Å². The molecule has 0 aromatic rings. The lowest BCUT2D eigenvalue weighted by atomic mass is 9.69. The molecule has 3 saturated carbocycles. The van der Waals surface area contributed by atoms with E-state index < -0.39 is 0 Å². The van der Waals surface area contributed by atoms with Crippen LogP contribution in [0.5, 0.6) is 0 Å². The fourth-order valence-corrected chi connectivity index (χ4v) is 4.78. The van der Waals surface area contributed by atoms with Crippen LogP contribution in [0.15, 0.2) is 0 Å². The summed E-state index contributed by atoms with van der Waals surface area (Å²) in [6.07, 6.45) is 15.8. The number of hydrogen-bond acceptors (Lipinski definition) is 2. The highest BCUT2D eigenvalue weighted by molar-refractivity contribution is 4.90. The molecule has 3 fully saturated rings. The van der Waals surface area contributed by atoms with E-state index in [0.717, 1.165) is 31.2 Å². The van der Waals surface area contributed by atoms with Crippen molar-refractivity contribution in [3.05, 3.63) is 0 Å². The van der Waals surface area contributed by atoms with E-state index in [-0.39, 0.29) is 5.60 Å². The van der Waals surface area contributed by atoms with Crippen molar-refractivity contribution in [2.45, 2.75) is 88.7 Å². The van der Waals surface area contributed by atoms with Gasteiger partial charge in [-0.25, -0.2) is 0 Å². The predicted molar refractivity (Wildman–Crippen MR) is 79.1 cm³/mol. The van der Waals surface area contributed by atoms with Gasteiger partial charge in [0.25, 0.3) is 0 Å². The molecule has 0 amide bonds. The van der Waals surface area contributed by atoms with Gasteiger partial charge >= 0.3 is 0 Å². The molecule has 0 heterocycles. The molecule has 0 radical (unpaired) electrons. The van der Waals surface area contributed by atoms with Crippen LogP contribution in [0.25, 0.3) is 0 Å². The molecule has 0 aromatic heterocycles. The molecule has 2 N–H and O–H groups in total. The second-order valence-electron chi connectivity index (χ2n) is 7.48. The van der Waals surface area contributed by atoms with Gasteiger partial charge < -0.3 is 10.4 Å². The molecule has 3 atom stereocenters. The number of aliphatic hydroxyl groups is 1. The largest absolute Gasteiger partial charge is 0.389 e. The second-order valence-corrected chi connectivity index (χ2v) is 7.48. The summed E-state index contributed by atoms with van der Waals surface area (Å²) >= 11 is 0. The van der Waals surface area contributed by atoms with Crippen LogP contribution in [0.4, 0.5) is 0 Å². The van der Waals surface area contributed by atoms with E-state index in [1.54, 1.807) is 0 Å². The lowest BCUT2D eigenvalue weighted by Crippen LogP contribution is -2.47. The normalized spacial score (nSPS) is 38.7. The first kappa shape index (κ1) is 13.9. The van der Waals surface area contributed by atoms with E-state index >= 15 is 0 Å². The highest BCUT2D eigenvalue weighted by Gasteiger charge is 2.34. The number of nitrogens with one attached hydrogen (secondary N) is 1. The molecule has 3 aliphatic rings. The van der Waals surface area contributed by atoms with Crippen molar-refractivity contribution in [3.63, 3.8) is 0 Å². The van der Waals surface area contributed by atoms with E-state index in [4.69, 9.17) is 0 Å². The fourth-order valence-electron chi connectivity index (χ4n) is 4.78. The van der Waals surface area contributed by atoms with Crippen molar-refractivity contribution in [1.82, 2.24) is 5.32 Å². The van der Waals surface area contributed by atoms with Gasteiger partial charge in [0.05, 0.1) is 5.60 Å². The summed E-state index contributed by atoms with van der Waals surface area (Å²) in [6, 6.07) is 0.685. The minimum Gasteiger partial charge on any atom is -0.389 e. The molecule has 0 bridgehead atoms. The Hall–Kier alpha value is -0.0800. The zero-order valence-corrected chi connectivity index (χ0v) is 12.4. The second kappa shape index (κ2) is 6.13. The first-order valence-corrected chi connectivity index (χ1v) is 8.71. The molecule has 2 nitrogen and oxygen atoms in total. The van der Waals surface area contributed by atoms with Gasteiger partial charge in [0, 0.05) is 12.6 Å². The SMILES string of the molecule is OC1(CNC2CCC3CCCCC3C2)CCCCC1. The summed E-state index contributed by atoms with van der Waals surface area (Å²) in [5.74, 6) is 2.02. The molecule has 0 spiro atoms. The van der Waals surface area contributed by atoms with Crippen molar-refractivity contribution >= 4 is 0 Å². The number of fused-ring (bicyclic) bond motifs is 1. The zero-order valence-electron chi connectivity index (χ0n) is 12.4. The molecule has 0 aliphatic heterocycles. The van der Waals surface area contributed by atoms with Gasteiger partial charge in [-0.3, -0.25) is 0 Å². The van der Waals surface area contributed by atoms with Gasteiger partial charge in [0.2, 0.25) is 0 Å². The van der Waals surface area contributed by atoms with E-state index in [1.807, 2.05) is 0 Å². The Morgan fingerprint density at radius 3 is 2.37 bits per heavy atom. The molecular weight excluding hydrogens is 234 g/mol. The third-order valence-corrected chi connectivity index (χ3v) is 6.04. The smallest absolute Gasteiger partial charge is 0.0771 e. The average molecular weight is 265 g/mol. The molecule has 110 valence electrons. The predicted octanol–water partition coefficient (Wildman–Crippen LogP) is 3.63. The Bertz CT molecular complexity index is 285. The van der Waals surface area contributed by atoms with Crippen LogP contribution in [0.2, 0.25) is 0 Å². The lowest BCUT2D eigenvalue weighted by molar-refractivity contribution is -0.000601. The topological polar surface area (TPSA) is 32.3 Å². The quantitative estimate of drug-likeness (QED) is 0.816. The van der Waals surface area contributed by atoms with Crippen LogP contribution >= 0.6 is 0 Å². The first-order chi connectivity index (χ1) is 9.25. The van der Waals surface area contributed by atoms with Crippen molar-refractivity contribution < 1.29 is 5.11 Å². The minimum atomic E-state index is -0.387. The van der Waals surface area contributed by atoms with Gasteiger partial charge in [-0.2, -0.15) is 0 Å². The molecule has 0 aromatic carbocycles.